The van der Waals surface area contributed by atoms with Crippen LogP contribution < -0.4 is 0 Å². The van der Waals surface area contributed by atoms with Crippen LogP contribution in [0.3, 0.4) is 0 Å². The molecule has 4 aliphatic heterocycles. The molecule has 0 saturated carbocycles. The van der Waals surface area contributed by atoms with Gasteiger partial charge in [-0.15, -0.1) is 0 Å². The van der Waals surface area contributed by atoms with Crippen molar-refractivity contribution in [1.82, 2.24) is 18.8 Å². The number of rotatable bonds is 4. The molecule has 6 heteroatoms. The minimum atomic E-state index is 0. The molecular weight excluding hydrogens is 737 g/mol. The minimum Gasteiger partial charge on any atom is -0.412 e. The molecule has 0 spiro atoms. The first kappa shape index (κ1) is 37.7. The molecule has 0 fully saturated rings. The molecule has 0 bridgehead atoms. The number of fused-ring (bicyclic) bond motifs is 12. The highest BCUT2D eigenvalue weighted by Crippen LogP contribution is 2.39. The molecule has 2 aromatic heterocycles. The van der Waals surface area contributed by atoms with Gasteiger partial charge in [0.05, 0.1) is 45.2 Å². The fraction of sp³-hybridized carbons (Fsp3) is 0. The first-order chi connectivity index (χ1) is 28.8. The van der Waals surface area contributed by atoms with Gasteiger partial charge in [0.25, 0.3) is 0 Å². The van der Waals surface area contributed by atoms with E-state index >= 15 is 0 Å². The van der Waals surface area contributed by atoms with Crippen LogP contribution in [0.1, 0.15) is 0 Å². The van der Waals surface area contributed by atoms with Gasteiger partial charge >= 0.3 is 0 Å². The quantitative estimate of drug-likeness (QED) is 0.166. The van der Waals surface area contributed by atoms with Gasteiger partial charge in [0.2, 0.25) is 0 Å². The van der Waals surface area contributed by atoms with Crippen molar-refractivity contribution in [1.29, 1.82) is 0 Å². The Labute approximate surface area is 347 Å². The Morgan fingerprint density at radius 3 is 0.967 bits per heavy atom. The van der Waals surface area contributed by atoms with Crippen molar-refractivity contribution in [3.8, 4) is 67.5 Å². The highest BCUT2D eigenvalue weighted by molar-refractivity contribution is 6.07. The third-order valence-corrected chi connectivity index (χ3v) is 11.2. The molecule has 8 aromatic rings. The van der Waals surface area contributed by atoms with E-state index in [4.69, 9.17) is 9.97 Å². The summed E-state index contributed by atoms with van der Waals surface area (Å²) in [6, 6.07) is 72.3. The molecule has 0 saturated heterocycles. The average Bonchev–Trinajstić information content (AvgIpc) is 3.98. The molecule has 0 atom stereocenters. The normalized spacial score (nSPS) is 11.1. The second-order valence-electron chi connectivity index (χ2n) is 14.6. The van der Waals surface area contributed by atoms with Crippen LogP contribution in [0.2, 0.25) is 0 Å². The van der Waals surface area contributed by atoms with E-state index in [2.05, 4.69) is 215 Å². The van der Waals surface area contributed by atoms with Crippen molar-refractivity contribution in [3.05, 3.63) is 219 Å². The summed E-state index contributed by atoms with van der Waals surface area (Å²) in [5.74, 6) is 0. The van der Waals surface area contributed by atoms with Crippen LogP contribution in [0, 0.1) is 0 Å². The van der Waals surface area contributed by atoms with E-state index in [1.54, 1.807) is 0 Å². The number of pyridine rings is 4. The summed E-state index contributed by atoms with van der Waals surface area (Å²) < 4.78 is 4.53. The zero-order valence-corrected chi connectivity index (χ0v) is 32.6. The topological polar surface area (TPSA) is 97.6 Å². The highest BCUT2D eigenvalue weighted by Gasteiger charge is 2.20. The summed E-state index contributed by atoms with van der Waals surface area (Å²) in [6.45, 7) is 0. The Balaban J connectivity index is 0.000000149. The number of hydrogen-bond donors (Lipinski definition) is 0. The van der Waals surface area contributed by atoms with Gasteiger partial charge in [0, 0.05) is 45.1 Å². The Kier molecular flexibility index (Phi) is 9.92. The summed E-state index contributed by atoms with van der Waals surface area (Å²) in [6.07, 6.45) is 4.34. The lowest BCUT2D eigenvalue weighted by atomic mass is 10.0. The van der Waals surface area contributed by atoms with Crippen molar-refractivity contribution >= 4 is 32.6 Å². The fourth-order valence-corrected chi connectivity index (χ4v) is 8.37. The Bertz CT molecular complexity index is 3100. The van der Waals surface area contributed by atoms with Gasteiger partial charge in [-0.2, -0.15) is 0 Å². The lowest BCUT2D eigenvalue weighted by Gasteiger charge is -2.14. The minimum absolute atomic E-state index is 0. The van der Waals surface area contributed by atoms with Gasteiger partial charge in [-0.1, -0.05) is 170 Å². The molecule has 6 aromatic carbocycles. The van der Waals surface area contributed by atoms with E-state index < -0.39 is 0 Å². The molecule has 4 N–H and O–H groups in total. The van der Waals surface area contributed by atoms with Crippen LogP contribution in [0.15, 0.2) is 219 Å². The predicted molar refractivity (Wildman–Crippen MR) is 248 cm³/mol. The lowest BCUT2D eigenvalue weighted by Crippen LogP contribution is -1.96. The molecular formula is C54H40N4O2. The van der Waals surface area contributed by atoms with E-state index in [-0.39, 0.29) is 11.0 Å². The van der Waals surface area contributed by atoms with Gasteiger partial charge in [-0.25, -0.2) is 9.97 Å². The molecule has 0 unspecified atom stereocenters. The Hall–Kier alpha value is -7.90. The summed E-state index contributed by atoms with van der Waals surface area (Å²) in [7, 11) is 0. The van der Waals surface area contributed by atoms with Crippen LogP contribution in [0.5, 0.6) is 0 Å². The first-order valence-electron chi connectivity index (χ1n) is 19.7. The third-order valence-electron chi connectivity index (χ3n) is 11.2. The molecule has 6 heterocycles. The summed E-state index contributed by atoms with van der Waals surface area (Å²) in [5, 5.41) is 4.82. The largest absolute Gasteiger partial charge is 0.412 e. The summed E-state index contributed by atoms with van der Waals surface area (Å²) >= 11 is 0. The lowest BCUT2D eigenvalue weighted by molar-refractivity contribution is 0.823. The molecule has 6 nitrogen and oxygen atoms in total. The van der Waals surface area contributed by atoms with Crippen molar-refractivity contribution < 1.29 is 11.0 Å². The van der Waals surface area contributed by atoms with Gasteiger partial charge in [-0.3, -0.25) is 0 Å². The third kappa shape index (κ3) is 6.52. The van der Waals surface area contributed by atoms with Crippen LogP contribution >= 0.6 is 0 Å². The summed E-state index contributed by atoms with van der Waals surface area (Å²) in [4.78, 5) is 10.0. The zero-order valence-electron chi connectivity index (χ0n) is 32.6. The predicted octanol–water partition coefficient (Wildman–Crippen LogP) is 12.2. The maximum Gasteiger partial charge on any atom is 0.0957 e. The first-order valence-corrected chi connectivity index (χ1v) is 19.7. The van der Waals surface area contributed by atoms with E-state index in [9.17, 15) is 0 Å². The van der Waals surface area contributed by atoms with E-state index in [1.807, 2.05) is 12.1 Å². The number of aromatic nitrogens is 4. The molecule has 12 rings (SSSR count). The zero-order chi connectivity index (χ0) is 38.4. The van der Waals surface area contributed by atoms with Crippen LogP contribution in [0.4, 0.5) is 0 Å². The molecule has 0 aliphatic carbocycles. The molecule has 4 aliphatic rings. The Morgan fingerprint density at radius 2 is 0.600 bits per heavy atom. The monoisotopic (exact) mass is 776 g/mol. The molecule has 0 radical (unpaired) electrons. The average molecular weight is 777 g/mol. The van der Waals surface area contributed by atoms with Crippen molar-refractivity contribution in [2.24, 2.45) is 0 Å². The van der Waals surface area contributed by atoms with Gasteiger partial charge < -0.3 is 19.8 Å². The van der Waals surface area contributed by atoms with E-state index in [0.29, 0.717) is 0 Å². The van der Waals surface area contributed by atoms with Crippen molar-refractivity contribution in [2.45, 2.75) is 0 Å². The van der Waals surface area contributed by atoms with Crippen molar-refractivity contribution in [3.63, 3.8) is 0 Å². The maximum atomic E-state index is 5.02. The smallest absolute Gasteiger partial charge is 0.0957 e. The van der Waals surface area contributed by atoms with E-state index in [0.717, 1.165) is 45.3 Å². The van der Waals surface area contributed by atoms with Gasteiger partial charge in [0.15, 0.2) is 0 Å². The maximum absolute atomic E-state index is 5.02. The second-order valence-corrected chi connectivity index (χ2v) is 14.6. The second kappa shape index (κ2) is 15.8. The van der Waals surface area contributed by atoms with Crippen LogP contribution in [0.25, 0.3) is 100 Å². The van der Waals surface area contributed by atoms with E-state index in [1.165, 1.54) is 54.8 Å². The number of hydrogen-bond acceptors (Lipinski definition) is 2. The number of benzene rings is 6. The highest BCUT2D eigenvalue weighted by atomic mass is 16.0. The van der Waals surface area contributed by atoms with Gasteiger partial charge in [-0.05, 0) is 58.7 Å². The summed E-state index contributed by atoms with van der Waals surface area (Å²) in [5.41, 5.74) is 16.0. The molecule has 0 amide bonds. The van der Waals surface area contributed by atoms with Crippen LogP contribution in [-0.4, -0.2) is 29.7 Å². The van der Waals surface area contributed by atoms with Gasteiger partial charge in [0.1, 0.15) is 0 Å². The molecule has 60 heavy (non-hydrogen) atoms. The van der Waals surface area contributed by atoms with Crippen LogP contribution in [-0.2, 0) is 0 Å². The van der Waals surface area contributed by atoms with Crippen molar-refractivity contribution in [2.75, 3.05) is 0 Å². The fourth-order valence-electron chi connectivity index (χ4n) is 8.37. The SMILES string of the molecule is O.O.c1ccc(-c2ccn3c4cc(-c5ccccc5)nc-4c4ccccc4c3c2)cc1.c1ccc(-c2ccn3c4cc(-c5ccccc5)nc-4c4ccccc4c3c2)cc1. The standard InChI is InChI=1S/2C27H18N2.2H2O/c2*1-3-9-19(10-4-1)21-15-16-29-25(17-21)22-13-7-8-14-23(22)27-26(29)18-24(28-27)20-11-5-2-6-12-20;;/h2*1-18H;2*1H2. The molecule has 288 valence electrons. The Morgan fingerprint density at radius 1 is 0.283 bits per heavy atom. The number of nitrogens with zero attached hydrogens (tertiary/aromatic N) is 4.